The highest BCUT2D eigenvalue weighted by Crippen LogP contribution is 2.42. The van der Waals surface area contributed by atoms with Gasteiger partial charge in [-0.15, -0.1) is 0 Å². The van der Waals surface area contributed by atoms with Gasteiger partial charge >= 0.3 is 0 Å². The van der Waals surface area contributed by atoms with Gasteiger partial charge in [-0.25, -0.2) is 0 Å². The number of hydrogen-bond acceptors (Lipinski definition) is 4. The molecule has 0 heterocycles. The van der Waals surface area contributed by atoms with E-state index >= 15 is 0 Å². The van der Waals surface area contributed by atoms with Gasteiger partial charge in [-0.2, -0.15) is 0 Å². The summed E-state index contributed by atoms with van der Waals surface area (Å²) >= 11 is 0. The lowest BCUT2D eigenvalue weighted by molar-refractivity contribution is 0.233. The Morgan fingerprint density at radius 3 is 1.65 bits per heavy atom. The van der Waals surface area contributed by atoms with Crippen molar-refractivity contribution < 1.29 is 18.9 Å². The van der Waals surface area contributed by atoms with E-state index in [-0.39, 0.29) is 0 Å². The van der Waals surface area contributed by atoms with Crippen LogP contribution in [0.4, 0.5) is 0 Å². The molecule has 0 radical (unpaired) electrons. The summed E-state index contributed by atoms with van der Waals surface area (Å²) in [6.07, 6.45) is -0.394. The van der Waals surface area contributed by atoms with E-state index in [4.69, 9.17) is 18.9 Å². The molecule has 3 aromatic carbocycles. The molecule has 1 atom stereocenters. The maximum Gasteiger partial charge on any atom is 0.156 e. The predicted molar refractivity (Wildman–Crippen MR) is 101 cm³/mol. The second-order valence-corrected chi connectivity index (χ2v) is 5.67. The van der Waals surface area contributed by atoms with E-state index in [9.17, 15) is 0 Å². The van der Waals surface area contributed by atoms with E-state index in [1.807, 2.05) is 72.8 Å². The highest BCUT2D eigenvalue weighted by atomic mass is 16.5. The van der Waals surface area contributed by atoms with Gasteiger partial charge < -0.3 is 18.9 Å². The molecule has 134 valence electrons. The summed E-state index contributed by atoms with van der Waals surface area (Å²) in [7, 11) is 4.87. The Hall–Kier alpha value is -3.14. The van der Waals surface area contributed by atoms with E-state index in [1.165, 1.54) is 0 Å². The van der Waals surface area contributed by atoms with Crippen molar-refractivity contribution in [2.45, 2.75) is 6.10 Å². The number of para-hydroxylation sites is 1. The van der Waals surface area contributed by atoms with Gasteiger partial charge in [0, 0.05) is 12.1 Å². The molecular formula is C22H22O4. The van der Waals surface area contributed by atoms with Gasteiger partial charge in [0.15, 0.2) is 6.10 Å². The molecule has 0 bridgehead atoms. The topological polar surface area (TPSA) is 36.9 Å². The van der Waals surface area contributed by atoms with Crippen molar-refractivity contribution in [1.29, 1.82) is 0 Å². The minimum absolute atomic E-state index is 0.394. The molecular weight excluding hydrogens is 328 g/mol. The smallest absolute Gasteiger partial charge is 0.156 e. The van der Waals surface area contributed by atoms with Gasteiger partial charge in [0.05, 0.1) is 26.9 Å². The van der Waals surface area contributed by atoms with Crippen LogP contribution in [0.5, 0.6) is 23.0 Å². The zero-order chi connectivity index (χ0) is 18.4. The van der Waals surface area contributed by atoms with E-state index in [0.717, 1.165) is 16.9 Å². The lowest BCUT2D eigenvalue weighted by Crippen LogP contribution is -2.12. The quantitative estimate of drug-likeness (QED) is 0.608. The van der Waals surface area contributed by atoms with Crippen molar-refractivity contribution >= 4 is 0 Å². The van der Waals surface area contributed by atoms with Crippen molar-refractivity contribution in [2.24, 2.45) is 0 Å². The van der Waals surface area contributed by atoms with Crippen molar-refractivity contribution in [3.05, 3.63) is 83.9 Å². The average Bonchev–Trinajstić information content (AvgIpc) is 2.72. The Bertz CT molecular complexity index is 806. The van der Waals surface area contributed by atoms with E-state index in [0.29, 0.717) is 17.2 Å². The number of benzene rings is 3. The Morgan fingerprint density at radius 1 is 0.615 bits per heavy atom. The van der Waals surface area contributed by atoms with E-state index < -0.39 is 6.10 Å². The van der Waals surface area contributed by atoms with Gasteiger partial charge in [-0.05, 0) is 17.7 Å². The van der Waals surface area contributed by atoms with Gasteiger partial charge in [0.25, 0.3) is 0 Å². The van der Waals surface area contributed by atoms with Crippen LogP contribution in [-0.4, -0.2) is 21.3 Å². The largest absolute Gasteiger partial charge is 0.496 e. The fraction of sp³-hybridized carbons (Fsp3) is 0.182. The molecule has 0 aliphatic carbocycles. The Balaban J connectivity index is 2.15. The van der Waals surface area contributed by atoms with Crippen LogP contribution in [0, 0.1) is 0 Å². The molecule has 0 fully saturated rings. The SMILES string of the molecule is COc1cc(OC)c(C(Oc2ccccc2)c2ccccc2)c(OC)c1. The second-order valence-electron chi connectivity index (χ2n) is 5.67. The van der Waals surface area contributed by atoms with Crippen LogP contribution in [-0.2, 0) is 0 Å². The van der Waals surface area contributed by atoms with Crippen LogP contribution in [0.15, 0.2) is 72.8 Å². The normalized spacial score (nSPS) is 11.5. The predicted octanol–water partition coefficient (Wildman–Crippen LogP) is 4.88. The molecule has 0 aliphatic heterocycles. The summed E-state index contributed by atoms with van der Waals surface area (Å²) in [5.74, 6) is 2.72. The summed E-state index contributed by atoms with van der Waals surface area (Å²) < 4.78 is 23.0. The molecule has 1 unspecified atom stereocenters. The van der Waals surface area contributed by atoms with E-state index in [2.05, 4.69) is 0 Å². The third-order valence-corrected chi connectivity index (χ3v) is 4.11. The first kappa shape index (κ1) is 17.7. The first-order chi connectivity index (χ1) is 12.8. The van der Waals surface area contributed by atoms with E-state index in [1.54, 1.807) is 21.3 Å². The number of hydrogen-bond donors (Lipinski definition) is 0. The monoisotopic (exact) mass is 350 g/mol. The molecule has 4 nitrogen and oxygen atoms in total. The molecule has 0 aromatic heterocycles. The van der Waals surface area contributed by atoms with Crippen molar-refractivity contribution in [1.82, 2.24) is 0 Å². The molecule has 3 rings (SSSR count). The van der Waals surface area contributed by atoms with Gasteiger partial charge in [0.1, 0.15) is 23.0 Å². The van der Waals surface area contributed by atoms with Crippen molar-refractivity contribution in [3.8, 4) is 23.0 Å². The number of methoxy groups -OCH3 is 3. The Kier molecular flexibility index (Phi) is 5.64. The summed E-state index contributed by atoms with van der Waals surface area (Å²) in [5, 5.41) is 0. The number of ether oxygens (including phenoxy) is 4. The molecule has 0 amide bonds. The fourth-order valence-corrected chi connectivity index (χ4v) is 2.85. The molecule has 26 heavy (non-hydrogen) atoms. The van der Waals surface area contributed by atoms with Crippen LogP contribution in [0.2, 0.25) is 0 Å². The minimum Gasteiger partial charge on any atom is -0.496 e. The van der Waals surface area contributed by atoms with Gasteiger partial charge in [-0.1, -0.05) is 48.5 Å². The maximum atomic E-state index is 6.34. The summed E-state index contributed by atoms with van der Waals surface area (Å²) in [5.41, 5.74) is 1.81. The van der Waals surface area contributed by atoms with Gasteiger partial charge in [-0.3, -0.25) is 0 Å². The third-order valence-electron chi connectivity index (χ3n) is 4.11. The number of rotatable bonds is 7. The molecule has 4 heteroatoms. The van der Waals surface area contributed by atoms with Gasteiger partial charge in [0.2, 0.25) is 0 Å². The van der Waals surface area contributed by atoms with Crippen LogP contribution in [0.25, 0.3) is 0 Å². The standard InChI is InChI=1S/C22H22O4/c1-23-18-14-19(24-2)21(20(15-18)25-3)22(16-10-6-4-7-11-16)26-17-12-8-5-9-13-17/h4-15,22H,1-3H3. The first-order valence-corrected chi connectivity index (χ1v) is 8.33. The Labute approximate surface area is 153 Å². The summed E-state index contributed by atoms with van der Waals surface area (Å²) in [4.78, 5) is 0. The molecule has 0 N–H and O–H groups in total. The fourth-order valence-electron chi connectivity index (χ4n) is 2.85. The molecule has 3 aromatic rings. The highest BCUT2D eigenvalue weighted by Gasteiger charge is 2.26. The zero-order valence-electron chi connectivity index (χ0n) is 15.1. The second kappa shape index (κ2) is 8.30. The molecule has 0 spiro atoms. The molecule has 0 saturated carbocycles. The molecule has 0 saturated heterocycles. The van der Waals surface area contributed by atoms with Crippen LogP contribution >= 0.6 is 0 Å². The van der Waals surface area contributed by atoms with Crippen molar-refractivity contribution in [2.75, 3.05) is 21.3 Å². The molecule has 0 aliphatic rings. The summed E-state index contributed by atoms with van der Waals surface area (Å²) in [6.45, 7) is 0. The lowest BCUT2D eigenvalue weighted by Gasteiger charge is -2.24. The van der Waals surface area contributed by atoms with Crippen molar-refractivity contribution in [3.63, 3.8) is 0 Å². The first-order valence-electron chi connectivity index (χ1n) is 8.33. The Morgan fingerprint density at radius 2 is 1.15 bits per heavy atom. The maximum absolute atomic E-state index is 6.34. The van der Waals surface area contributed by atoms with Crippen LogP contribution < -0.4 is 18.9 Å². The lowest BCUT2D eigenvalue weighted by atomic mass is 9.99. The van der Waals surface area contributed by atoms with Crippen LogP contribution in [0.3, 0.4) is 0 Å². The highest BCUT2D eigenvalue weighted by molar-refractivity contribution is 5.54. The zero-order valence-corrected chi connectivity index (χ0v) is 15.1. The third kappa shape index (κ3) is 3.75. The average molecular weight is 350 g/mol. The summed E-state index contributed by atoms with van der Waals surface area (Å²) in [6, 6.07) is 23.4. The minimum atomic E-state index is -0.394. The van der Waals surface area contributed by atoms with Crippen LogP contribution in [0.1, 0.15) is 17.2 Å².